The Morgan fingerprint density at radius 2 is 1.77 bits per heavy atom. The zero-order valence-corrected chi connectivity index (χ0v) is 15.3. The topological polar surface area (TPSA) is 98.5 Å². The van der Waals surface area contributed by atoms with Crippen LogP contribution in [-0.4, -0.2) is 23.9 Å². The molecule has 0 aliphatic heterocycles. The molecular weight excluding hydrogens is 404 g/mol. The van der Waals surface area contributed by atoms with E-state index in [-0.39, 0.29) is 5.69 Å². The molecule has 1 atom stereocenters. The Labute approximate surface area is 157 Å². The summed E-state index contributed by atoms with van der Waals surface area (Å²) >= 11 is 3.31. The summed E-state index contributed by atoms with van der Waals surface area (Å²) < 4.78 is 5.58. The van der Waals surface area contributed by atoms with E-state index in [0.717, 1.165) is 4.47 Å². The van der Waals surface area contributed by atoms with E-state index in [4.69, 9.17) is 4.74 Å². The van der Waals surface area contributed by atoms with Crippen molar-refractivity contribution in [2.45, 2.75) is 6.04 Å². The van der Waals surface area contributed by atoms with Crippen LogP contribution in [0.15, 0.2) is 59.1 Å². The number of nitro benzene ring substituents is 1. The van der Waals surface area contributed by atoms with Crippen molar-refractivity contribution in [1.29, 1.82) is 0 Å². The molecule has 0 spiro atoms. The molecule has 134 valence electrons. The summed E-state index contributed by atoms with van der Waals surface area (Å²) in [4.78, 5) is 34.2. The van der Waals surface area contributed by atoms with E-state index in [0.29, 0.717) is 11.1 Å². The smallest absolute Gasteiger partial charge is 0.333 e. The van der Waals surface area contributed by atoms with Crippen molar-refractivity contribution in [3.05, 3.63) is 80.3 Å². The van der Waals surface area contributed by atoms with Gasteiger partial charge in [0.05, 0.1) is 12.0 Å². The number of hydrogen-bond acceptors (Lipinski definition) is 5. The molecule has 0 fully saturated rings. The van der Waals surface area contributed by atoms with Crippen molar-refractivity contribution < 1.29 is 19.2 Å². The molecule has 2 aromatic rings. The number of methoxy groups -OCH3 is 1. The first-order chi connectivity index (χ1) is 12.4. The van der Waals surface area contributed by atoms with Gasteiger partial charge in [0.25, 0.3) is 5.69 Å². The molecule has 26 heavy (non-hydrogen) atoms. The molecule has 1 amide bonds. The molecule has 7 nitrogen and oxygen atoms in total. The number of rotatable bonds is 6. The quantitative estimate of drug-likeness (QED) is 0.335. The van der Waals surface area contributed by atoms with E-state index in [1.54, 1.807) is 24.3 Å². The standard InChI is InChI=1S/C18H15BrN2O5/c1-26-18(23)17(13-5-7-14(19)8-6-13)20-16(22)11-4-12-2-9-15(10-3-12)21(24)25/h2-11,17H,1H3,(H,20,22)/b11-4-/t17-/m1/s1. The number of nitrogens with one attached hydrogen (secondary N) is 1. The summed E-state index contributed by atoms with van der Waals surface area (Å²) in [6, 6.07) is 11.7. The van der Waals surface area contributed by atoms with Crippen molar-refractivity contribution in [2.75, 3.05) is 7.11 Å². The van der Waals surface area contributed by atoms with Crippen LogP contribution in [-0.2, 0) is 14.3 Å². The average Bonchev–Trinajstić information content (AvgIpc) is 2.65. The molecule has 0 saturated carbocycles. The lowest BCUT2D eigenvalue weighted by atomic mass is 10.1. The predicted octanol–water partition coefficient (Wildman–Crippen LogP) is 3.40. The third-order valence-electron chi connectivity index (χ3n) is 3.46. The van der Waals surface area contributed by atoms with Crippen LogP contribution in [0.1, 0.15) is 17.2 Å². The molecule has 0 saturated heterocycles. The minimum Gasteiger partial charge on any atom is -0.467 e. The summed E-state index contributed by atoms with van der Waals surface area (Å²) in [7, 11) is 1.24. The fourth-order valence-corrected chi connectivity index (χ4v) is 2.39. The molecule has 0 bridgehead atoms. The summed E-state index contributed by atoms with van der Waals surface area (Å²) in [5, 5.41) is 13.2. The fourth-order valence-electron chi connectivity index (χ4n) is 2.12. The monoisotopic (exact) mass is 418 g/mol. The maximum absolute atomic E-state index is 12.1. The normalized spacial score (nSPS) is 11.8. The third kappa shape index (κ3) is 5.25. The third-order valence-corrected chi connectivity index (χ3v) is 3.99. The fraction of sp³-hybridized carbons (Fsp3) is 0.111. The van der Waals surface area contributed by atoms with Gasteiger partial charge in [-0.2, -0.15) is 0 Å². The molecule has 0 heterocycles. The number of carbonyl (C=O) groups is 2. The predicted molar refractivity (Wildman–Crippen MR) is 99.2 cm³/mol. The molecule has 2 aromatic carbocycles. The van der Waals surface area contributed by atoms with Gasteiger partial charge in [-0.1, -0.05) is 28.1 Å². The minimum absolute atomic E-state index is 0.0346. The number of non-ortho nitro benzene ring substituents is 1. The highest BCUT2D eigenvalue weighted by Gasteiger charge is 2.22. The van der Waals surface area contributed by atoms with Crippen LogP contribution in [0.25, 0.3) is 6.08 Å². The molecule has 0 aliphatic carbocycles. The molecule has 0 radical (unpaired) electrons. The molecule has 0 unspecified atom stereocenters. The van der Waals surface area contributed by atoms with E-state index in [9.17, 15) is 19.7 Å². The largest absolute Gasteiger partial charge is 0.467 e. The molecule has 8 heteroatoms. The zero-order chi connectivity index (χ0) is 19.1. The Balaban J connectivity index is 2.10. The number of carbonyl (C=O) groups excluding carboxylic acids is 2. The van der Waals surface area contributed by atoms with Crippen LogP contribution in [0.5, 0.6) is 0 Å². The first-order valence-electron chi connectivity index (χ1n) is 7.47. The van der Waals surface area contributed by atoms with E-state index in [2.05, 4.69) is 21.2 Å². The van der Waals surface area contributed by atoms with Gasteiger partial charge in [0.1, 0.15) is 0 Å². The summed E-state index contributed by atoms with van der Waals surface area (Å²) in [6.45, 7) is 0. The van der Waals surface area contributed by atoms with Crippen molar-refractivity contribution in [3.63, 3.8) is 0 Å². The van der Waals surface area contributed by atoms with E-state index < -0.39 is 22.8 Å². The number of amides is 1. The number of hydrogen-bond donors (Lipinski definition) is 1. The van der Waals surface area contributed by atoms with Crippen molar-refractivity contribution >= 4 is 39.6 Å². The molecule has 2 rings (SSSR count). The Bertz CT molecular complexity index is 832. The highest BCUT2D eigenvalue weighted by molar-refractivity contribution is 9.10. The van der Waals surface area contributed by atoms with Crippen molar-refractivity contribution in [3.8, 4) is 0 Å². The summed E-state index contributed by atoms with van der Waals surface area (Å²) in [6.07, 6.45) is 2.74. The number of nitro groups is 1. The number of benzene rings is 2. The number of nitrogens with zero attached hydrogens (tertiary/aromatic N) is 1. The second-order valence-electron chi connectivity index (χ2n) is 5.20. The molecule has 0 aromatic heterocycles. The van der Waals surface area contributed by atoms with Gasteiger partial charge in [0, 0.05) is 22.7 Å². The highest BCUT2D eigenvalue weighted by atomic mass is 79.9. The van der Waals surface area contributed by atoms with Crippen LogP contribution < -0.4 is 5.32 Å². The Kier molecular flexibility index (Phi) is 6.62. The SMILES string of the molecule is COC(=O)[C@H](NC(=O)/C=C\c1ccc([N+](=O)[O-])cc1)c1ccc(Br)cc1. The second kappa shape index (κ2) is 8.91. The zero-order valence-electron chi connectivity index (χ0n) is 13.7. The Morgan fingerprint density at radius 3 is 2.31 bits per heavy atom. The van der Waals surface area contributed by atoms with E-state index in [1.165, 1.54) is 43.5 Å². The molecule has 1 N–H and O–H groups in total. The van der Waals surface area contributed by atoms with Gasteiger partial charge in [-0.25, -0.2) is 4.79 Å². The second-order valence-corrected chi connectivity index (χ2v) is 6.11. The minimum atomic E-state index is -0.942. The number of ether oxygens (including phenoxy) is 1. The molecular formula is C18H15BrN2O5. The van der Waals surface area contributed by atoms with E-state index in [1.807, 2.05) is 0 Å². The Morgan fingerprint density at radius 1 is 1.15 bits per heavy atom. The number of esters is 1. The van der Waals surface area contributed by atoms with Crippen molar-refractivity contribution in [2.24, 2.45) is 0 Å². The van der Waals surface area contributed by atoms with Gasteiger partial charge in [-0.15, -0.1) is 0 Å². The average molecular weight is 419 g/mol. The summed E-state index contributed by atoms with van der Waals surface area (Å²) in [5.74, 6) is -1.09. The number of halogens is 1. The van der Waals surface area contributed by atoms with Gasteiger partial charge < -0.3 is 10.1 Å². The van der Waals surface area contributed by atoms with E-state index >= 15 is 0 Å². The van der Waals surface area contributed by atoms with Gasteiger partial charge in [-0.05, 0) is 41.5 Å². The maximum atomic E-state index is 12.1. The first kappa shape index (κ1) is 19.3. The van der Waals surface area contributed by atoms with Crippen LogP contribution >= 0.6 is 15.9 Å². The first-order valence-corrected chi connectivity index (χ1v) is 8.26. The van der Waals surface area contributed by atoms with Gasteiger partial charge in [0.15, 0.2) is 6.04 Å². The highest BCUT2D eigenvalue weighted by Crippen LogP contribution is 2.18. The van der Waals surface area contributed by atoms with Crippen LogP contribution in [0.3, 0.4) is 0 Å². The van der Waals surface area contributed by atoms with Gasteiger partial charge in [0.2, 0.25) is 5.91 Å². The maximum Gasteiger partial charge on any atom is 0.333 e. The lowest BCUT2D eigenvalue weighted by Gasteiger charge is -2.16. The van der Waals surface area contributed by atoms with Gasteiger partial charge in [-0.3, -0.25) is 14.9 Å². The van der Waals surface area contributed by atoms with Crippen molar-refractivity contribution in [1.82, 2.24) is 5.32 Å². The van der Waals surface area contributed by atoms with Crippen LogP contribution in [0.4, 0.5) is 5.69 Å². The molecule has 0 aliphatic rings. The van der Waals surface area contributed by atoms with Gasteiger partial charge >= 0.3 is 5.97 Å². The van der Waals surface area contributed by atoms with Crippen LogP contribution in [0.2, 0.25) is 0 Å². The Hall–Kier alpha value is -3.00. The van der Waals surface area contributed by atoms with Crippen LogP contribution in [0, 0.1) is 10.1 Å². The lowest BCUT2D eigenvalue weighted by molar-refractivity contribution is -0.384. The summed E-state index contributed by atoms with van der Waals surface area (Å²) in [5.41, 5.74) is 1.16. The lowest BCUT2D eigenvalue weighted by Crippen LogP contribution is -2.33.